The molecule has 0 spiro atoms. The van der Waals surface area contributed by atoms with Crippen molar-refractivity contribution in [3.8, 4) is 0 Å². The van der Waals surface area contributed by atoms with E-state index in [4.69, 9.17) is 0 Å². The summed E-state index contributed by atoms with van der Waals surface area (Å²) in [5, 5.41) is 4.32. The Balaban J connectivity index is 2.29. The van der Waals surface area contributed by atoms with E-state index in [0.717, 1.165) is 36.8 Å². The molecule has 0 bridgehead atoms. The predicted molar refractivity (Wildman–Crippen MR) is 66.7 cm³/mol. The maximum absolute atomic E-state index is 13.3. The molecule has 1 N–H and O–H groups in total. The van der Waals surface area contributed by atoms with E-state index < -0.39 is 0 Å². The van der Waals surface area contributed by atoms with Crippen LogP contribution in [0.5, 0.6) is 0 Å². The molecule has 1 aliphatic heterocycles. The predicted octanol–water partition coefficient (Wildman–Crippen LogP) is 2.37. The van der Waals surface area contributed by atoms with E-state index in [2.05, 4.69) is 17.2 Å². The molecule has 2 heterocycles. The minimum atomic E-state index is -0.186. The third kappa shape index (κ3) is 1.80. The highest BCUT2D eigenvalue weighted by Crippen LogP contribution is 2.25. The molecule has 0 radical (unpaired) electrons. The highest BCUT2D eigenvalue weighted by molar-refractivity contribution is 5.83. The van der Waals surface area contributed by atoms with Crippen LogP contribution in [0.15, 0.2) is 18.2 Å². The molecule has 1 aromatic carbocycles. The first-order valence-electron chi connectivity index (χ1n) is 6.04. The summed E-state index contributed by atoms with van der Waals surface area (Å²) >= 11 is 0. The standard InChI is InChI=1S/C14H15FN2/c1-9-11-4-6-16-7-5-14(11)17-13-3-2-10(15)8-12(9)13/h2-3,8,16H,4-7H2,1H3. The van der Waals surface area contributed by atoms with Crippen molar-refractivity contribution >= 4 is 10.9 Å². The number of pyridine rings is 1. The van der Waals surface area contributed by atoms with Gasteiger partial charge in [-0.25, -0.2) is 4.39 Å². The summed E-state index contributed by atoms with van der Waals surface area (Å²) in [6, 6.07) is 4.85. The van der Waals surface area contributed by atoms with Crippen LogP contribution in [0.1, 0.15) is 16.8 Å². The molecule has 0 saturated heterocycles. The van der Waals surface area contributed by atoms with Gasteiger partial charge in [-0.2, -0.15) is 0 Å². The van der Waals surface area contributed by atoms with Crippen LogP contribution in [-0.4, -0.2) is 18.1 Å². The summed E-state index contributed by atoms with van der Waals surface area (Å²) in [5.41, 5.74) is 4.57. The van der Waals surface area contributed by atoms with Crippen LogP contribution < -0.4 is 5.32 Å². The van der Waals surface area contributed by atoms with E-state index in [1.54, 1.807) is 12.1 Å². The minimum absolute atomic E-state index is 0.186. The number of aryl methyl sites for hydroxylation is 1. The van der Waals surface area contributed by atoms with E-state index >= 15 is 0 Å². The first-order chi connectivity index (χ1) is 8.25. The van der Waals surface area contributed by atoms with E-state index in [0.29, 0.717) is 0 Å². The smallest absolute Gasteiger partial charge is 0.123 e. The van der Waals surface area contributed by atoms with Gasteiger partial charge in [-0.15, -0.1) is 0 Å². The quantitative estimate of drug-likeness (QED) is 0.751. The van der Waals surface area contributed by atoms with Crippen LogP contribution in [0.2, 0.25) is 0 Å². The van der Waals surface area contributed by atoms with Gasteiger partial charge in [0, 0.05) is 24.0 Å². The first kappa shape index (κ1) is 10.7. The molecule has 88 valence electrons. The third-order valence-corrected chi connectivity index (χ3v) is 3.51. The number of rotatable bonds is 0. The van der Waals surface area contributed by atoms with Crippen molar-refractivity contribution in [1.29, 1.82) is 0 Å². The zero-order chi connectivity index (χ0) is 11.8. The van der Waals surface area contributed by atoms with Crippen molar-refractivity contribution in [1.82, 2.24) is 10.3 Å². The van der Waals surface area contributed by atoms with Gasteiger partial charge in [-0.05, 0) is 49.2 Å². The summed E-state index contributed by atoms with van der Waals surface area (Å²) in [6.45, 7) is 4.04. The lowest BCUT2D eigenvalue weighted by Crippen LogP contribution is -2.16. The first-order valence-corrected chi connectivity index (χ1v) is 6.04. The number of hydrogen-bond donors (Lipinski definition) is 1. The van der Waals surface area contributed by atoms with E-state index in [-0.39, 0.29) is 5.82 Å². The van der Waals surface area contributed by atoms with Crippen LogP contribution in [-0.2, 0) is 12.8 Å². The average molecular weight is 230 g/mol. The fourth-order valence-electron chi connectivity index (χ4n) is 2.58. The Kier molecular flexibility index (Phi) is 2.56. The van der Waals surface area contributed by atoms with E-state index in [1.807, 2.05) is 0 Å². The molecule has 0 aliphatic carbocycles. The lowest BCUT2D eigenvalue weighted by molar-refractivity contribution is 0.629. The van der Waals surface area contributed by atoms with Crippen LogP contribution >= 0.6 is 0 Å². The van der Waals surface area contributed by atoms with Gasteiger partial charge >= 0.3 is 0 Å². The van der Waals surface area contributed by atoms with Gasteiger partial charge in [0.15, 0.2) is 0 Å². The zero-order valence-corrected chi connectivity index (χ0v) is 9.89. The van der Waals surface area contributed by atoms with Gasteiger partial charge in [0.1, 0.15) is 5.82 Å². The van der Waals surface area contributed by atoms with Gasteiger partial charge in [0.05, 0.1) is 5.52 Å². The summed E-state index contributed by atoms with van der Waals surface area (Å²) in [7, 11) is 0. The lowest BCUT2D eigenvalue weighted by Gasteiger charge is -2.11. The number of hydrogen-bond acceptors (Lipinski definition) is 2. The SMILES string of the molecule is Cc1c2c(nc3ccc(F)cc13)CCNCC2. The second kappa shape index (κ2) is 4.08. The molecule has 0 unspecified atom stereocenters. The zero-order valence-electron chi connectivity index (χ0n) is 9.89. The Bertz CT molecular complexity index is 578. The Morgan fingerprint density at radius 1 is 1.24 bits per heavy atom. The fraction of sp³-hybridized carbons (Fsp3) is 0.357. The Hall–Kier alpha value is -1.48. The molecule has 1 aliphatic rings. The molecule has 0 atom stereocenters. The van der Waals surface area contributed by atoms with Crippen molar-refractivity contribution in [2.75, 3.05) is 13.1 Å². The number of benzene rings is 1. The molecule has 1 aromatic heterocycles. The molecule has 17 heavy (non-hydrogen) atoms. The molecule has 3 rings (SSSR count). The summed E-state index contributed by atoms with van der Waals surface area (Å²) in [5.74, 6) is -0.186. The second-order valence-corrected chi connectivity index (χ2v) is 4.57. The van der Waals surface area contributed by atoms with Crippen molar-refractivity contribution in [3.63, 3.8) is 0 Å². The lowest BCUT2D eigenvalue weighted by atomic mass is 9.98. The van der Waals surface area contributed by atoms with Crippen LogP contribution in [0, 0.1) is 12.7 Å². The van der Waals surface area contributed by atoms with Gasteiger partial charge < -0.3 is 5.32 Å². The molecule has 0 saturated carbocycles. The molecule has 3 heteroatoms. The Morgan fingerprint density at radius 2 is 2.06 bits per heavy atom. The molecule has 2 aromatic rings. The fourth-order valence-corrected chi connectivity index (χ4v) is 2.58. The maximum Gasteiger partial charge on any atom is 0.123 e. The van der Waals surface area contributed by atoms with Crippen LogP contribution in [0.4, 0.5) is 4.39 Å². The van der Waals surface area contributed by atoms with E-state index in [1.165, 1.54) is 22.9 Å². The molecule has 2 nitrogen and oxygen atoms in total. The van der Waals surface area contributed by atoms with Crippen molar-refractivity contribution in [2.24, 2.45) is 0 Å². The average Bonchev–Trinajstić information content (AvgIpc) is 2.56. The summed E-state index contributed by atoms with van der Waals surface area (Å²) in [4.78, 5) is 4.67. The third-order valence-electron chi connectivity index (χ3n) is 3.51. The summed E-state index contributed by atoms with van der Waals surface area (Å²) < 4.78 is 13.3. The van der Waals surface area contributed by atoms with Crippen molar-refractivity contribution < 1.29 is 4.39 Å². The number of nitrogens with zero attached hydrogens (tertiary/aromatic N) is 1. The van der Waals surface area contributed by atoms with Crippen LogP contribution in [0.25, 0.3) is 10.9 Å². The Morgan fingerprint density at radius 3 is 2.94 bits per heavy atom. The van der Waals surface area contributed by atoms with Crippen molar-refractivity contribution in [3.05, 3.63) is 40.8 Å². The van der Waals surface area contributed by atoms with E-state index in [9.17, 15) is 4.39 Å². The van der Waals surface area contributed by atoms with Crippen molar-refractivity contribution in [2.45, 2.75) is 19.8 Å². The van der Waals surface area contributed by atoms with Gasteiger partial charge in [-0.3, -0.25) is 4.98 Å². The highest BCUT2D eigenvalue weighted by Gasteiger charge is 2.14. The number of halogens is 1. The molecule has 0 fully saturated rings. The number of aromatic nitrogens is 1. The topological polar surface area (TPSA) is 24.9 Å². The second-order valence-electron chi connectivity index (χ2n) is 4.57. The highest BCUT2D eigenvalue weighted by atomic mass is 19.1. The molecule has 0 amide bonds. The summed E-state index contributed by atoms with van der Waals surface area (Å²) in [6.07, 6.45) is 1.95. The molecular formula is C14H15FN2. The maximum atomic E-state index is 13.3. The van der Waals surface area contributed by atoms with Gasteiger partial charge in [0.25, 0.3) is 0 Å². The monoisotopic (exact) mass is 230 g/mol. The van der Waals surface area contributed by atoms with Gasteiger partial charge in [0.2, 0.25) is 0 Å². The van der Waals surface area contributed by atoms with Crippen LogP contribution in [0.3, 0.4) is 0 Å². The molecular weight excluding hydrogens is 215 g/mol. The number of fused-ring (bicyclic) bond motifs is 2. The van der Waals surface area contributed by atoms with Gasteiger partial charge in [-0.1, -0.05) is 0 Å². The minimum Gasteiger partial charge on any atom is -0.316 e. The normalized spacial score (nSPS) is 15.6. The largest absolute Gasteiger partial charge is 0.316 e. The number of nitrogens with one attached hydrogen (secondary N) is 1. The Labute approximate surface area is 99.9 Å².